The third-order valence-electron chi connectivity index (χ3n) is 5.81. The molecule has 1 unspecified atom stereocenters. The summed E-state index contributed by atoms with van der Waals surface area (Å²) in [7, 11) is 0. The van der Waals surface area contributed by atoms with Crippen molar-refractivity contribution >= 4 is 58.1 Å². The number of nitrogens with zero attached hydrogens (tertiary/aromatic N) is 1. The number of Topliss-reactive ketones (excluding diaryl/α,β-unsaturated/α-hetero) is 1. The number of amides is 4. The maximum Gasteiger partial charge on any atom is 0.350 e. The Morgan fingerprint density at radius 1 is 1.05 bits per heavy atom. The number of likely N-dealkylation sites (tertiary alicyclic amines) is 1. The standard InChI is InChI=1S/C26H25ClN4O5S/c1-15(32)16-6-10-19(11-7-16)29-26(35)30-21-13-22(17-4-8-18(27)9-5-17)37-23(21)24(33)36-20-3-2-12-31(14-20)25(28)34/h4-11,13,20H,2-3,12,14H2,1H3,(H2,28,34)(H2,29,30,35). The van der Waals surface area contributed by atoms with Gasteiger partial charge in [-0.05, 0) is 67.8 Å². The molecule has 0 bridgehead atoms. The van der Waals surface area contributed by atoms with Crippen LogP contribution in [0.1, 0.15) is 39.8 Å². The zero-order chi connectivity index (χ0) is 26.5. The van der Waals surface area contributed by atoms with Crippen molar-refractivity contribution in [2.75, 3.05) is 23.7 Å². The molecule has 2 aromatic carbocycles. The lowest BCUT2D eigenvalue weighted by Gasteiger charge is -2.31. The molecule has 37 heavy (non-hydrogen) atoms. The molecular weight excluding hydrogens is 516 g/mol. The van der Waals surface area contributed by atoms with Crippen LogP contribution in [0.3, 0.4) is 0 Å². The summed E-state index contributed by atoms with van der Waals surface area (Å²) in [4.78, 5) is 51.3. The van der Waals surface area contributed by atoms with Gasteiger partial charge in [0.15, 0.2) is 5.78 Å². The number of ether oxygens (including phenoxy) is 1. The number of primary amides is 1. The summed E-state index contributed by atoms with van der Waals surface area (Å²) in [6.07, 6.45) is 0.762. The fourth-order valence-electron chi connectivity index (χ4n) is 3.90. The van der Waals surface area contributed by atoms with E-state index in [0.29, 0.717) is 35.7 Å². The van der Waals surface area contributed by atoms with Crippen molar-refractivity contribution in [2.24, 2.45) is 5.73 Å². The second-order valence-electron chi connectivity index (χ2n) is 8.53. The molecular formula is C26H25ClN4O5S. The van der Waals surface area contributed by atoms with Gasteiger partial charge in [-0.2, -0.15) is 0 Å². The third kappa shape index (κ3) is 6.66. The van der Waals surface area contributed by atoms with E-state index in [4.69, 9.17) is 22.1 Å². The molecule has 4 amide bonds. The number of nitrogens with two attached hydrogens (primary N) is 1. The number of thiophene rings is 1. The van der Waals surface area contributed by atoms with Crippen LogP contribution in [0, 0.1) is 0 Å². The van der Waals surface area contributed by atoms with E-state index >= 15 is 0 Å². The Bertz CT molecular complexity index is 1320. The number of esters is 1. The fourth-order valence-corrected chi connectivity index (χ4v) is 5.03. The first-order valence-electron chi connectivity index (χ1n) is 11.5. The molecule has 1 aromatic heterocycles. The number of ketones is 1. The number of carbonyl (C=O) groups is 4. The average molecular weight is 541 g/mol. The Morgan fingerprint density at radius 2 is 1.76 bits per heavy atom. The number of carbonyl (C=O) groups excluding carboxylic acids is 4. The molecule has 0 aliphatic carbocycles. The lowest BCUT2D eigenvalue weighted by Crippen LogP contribution is -2.46. The van der Waals surface area contributed by atoms with Gasteiger partial charge in [0.05, 0.1) is 12.2 Å². The van der Waals surface area contributed by atoms with Crippen LogP contribution in [-0.4, -0.2) is 47.9 Å². The number of halogens is 1. The molecule has 4 N–H and O–H groups in total. The first kappa shape index (κ1) is 26.2. The van der Waals surface area contributed by atoms with Gasteiger partial charge in [-0.3, -0.25) is 4.79 Å². The molecule has 0 saturated carbocycles. The van der Waals surface area contributed by atoms with Crippen LogP contribution in [0.5, 0.6) is 0 Å². The van der Waals surface area contributed by atoms with Crippen LogP contribution in [0.4, 0.5) is 21.0 Å². The Labute approximate surface area is 222 Å². The number of hydrogen-bond donors (Lipinski definition) is 3. The molecule has 3 aromatic rings. The fraction of sp³-hybridized carbons (Fsp3) is 0.231. The van der Waals surface area contributed by atoms with Gasteiger partial charge in [0.1, 0.15) is 11.0 Å². The van der Waals surface area contributed by atoms with Crippen molar-refractivity contribution in [2.45, 2.75) is 25.9 Å². The maximum absolute atomic E-state index is 13.2. The highest BCUT2D eigenvalue weighted by Gasteiger charge is 2.28. The van der Waals surface area contributed by atoms with Crippen molar-refractivity contribution in [1.29, 1.82) is 0 Å². The highest BCUT2D eigenvalue weighted by atomic mass is 35.5. The van der Waals surface area contributed by atoms with E-state index in [9.17, 15) is 19.2 Å². The van der Waals surface area contributed by atoms with E-state index in [1.807, 2.05) is 12.1 Å². The molecule has 1 saturated heterocycles. The van der Waals surface area contributed by atoms with Gasteiger partial charge in [0.2, 0.25) is 0 Å². The van der Waals surface area contributed by atoms with Crippen LogP contribution in [0.25, 0.3) is 10.4 Å². The lowest BCUT2D eigenvalue weighted by atomic mass is 10.1. The summed E-state index contributed by atoms with van der Waals surface area (Å²) in [5, 5.41) is 5.99. The summed E-state index contributed by atoms with van der Waals surface area (Å²) in [5.74, 6) is -0.688. The molecule has 0 radical (unpaired) electrons. The van der Waals surface area contributed by atoms with Gasteiger partial charge >= 0.3 is 18.0 Å². The second-order valence-corrected chi connectivity index (χ2v) is 10.0. The van der Waals surface area contributed by atoms with E-state index in [1.54, 1.807) is 42.5 Å². The van der Waals surface area contributed by atoms with Crippen LogP contribution < -0.4 is 16.4 Å². The van der Waals surface area contributed by atoms with Crippen molar-refractivity contribution in [1.82, 2.24) is 4.90 Å². The summed E-state index contributed by atoms with van der Waals surface area (Å²) in [5.41, 5.74) is 7.48. The molecule has 4 rings (SSSR count). The first-order chi connectivity index (χ1) is 17.7. The second kappa shape index (κ2) is 11.4. The highest BCUT2D eigenvalue weighted by molar-refractivity contribution is 7.18. The van der Waals surface area contributed by atoms with Crippen LogP contribution in [-0.2, 0) is 4.74 Å². The summed E-state index contributed by atoms with van der Waals surface area (Å²) >= 11 is 7.18. The minimum atomic E-state index is -0.609. The monoisotopic (exact) mass is 540 g/mol. The SMILES string of the molecule is CC(=O)c1ccc(NC(=O)Nc2cc(-c3ccc(Cl)cc3)sc2C(=O)OC2CCCN(C(N)=O)C2)cc1. The molecule has 1 aliphatic rings. The molecule has 11 heteroatoms. The van der Waals surface area contributed by atoms with E-state index in [-0.39, 0.29) is 22.9 Å². The van der Waals surface area contributed by atoms with Gasteiger partial charge in [-0.25, -0.2) is 14.4 Å². The number of hydrogen-bond acceptors (Lipinski definition) is 6. The smallest absolute Gasteiger partial charge is 0.350 e. The van der Waals surface area contributed by atoms with Crippen molar-refractivity contribution in [3.05, 3.63) is 70.1 Å². The molecule has 1 fully saturated rings. The van der Waals surface area contributed by atoms with Crippen molar-refractivity contribution < 1.29 is 23.9 Å². The predicted molar refractivity (Wildman–Crippen MR) is 143 cm³/mol. The zero-order valence-electron chi connectivity index (χ0n) is 20.0. The lowest BCUT2D eigenvalue weighted by molar-refractivity contribution is 0.0134. The number of nitrogens with one attached hydrogen (secondary N) is 2. The zero-order valence-corrected chi connectivity index (χ0v) is 21.5. The number of anilines is 2. The Balaban J connectivity index is 1.54. The maximum atomic E-state index is 13.2. The molecule has 1 aliphatic heterocycles. The van der Waals surface area contributed by atoms with E-state index in [2.05, 4.69) is 10.6 Å². The van der Waals surface area contributed by atoms with Crippen LogP contribution in [0.2, 0.25) is 5.02 Å². The van der Waals surface area contributed by atoms with Gasteiger partial charge < -0.3 is 26.0 Å². The molecule has 192 valence electrons. The third-order valence-corrected chi connectivity index (χ3v) is 7.22. The number of rotatable bonds is 6. The first-order valence-corrected chi connectivity index (χ1v) is 12.7. The topological polar surface area (TPSA) is 131 Å². The molecule has 0 spiro atoms. The molecule has 2 heterocycles. The van der Waals surface area contributed by atoms with Gasteiger partial charge in [-0.15, -0.1) is 11.3 Å². The summed E-state index contributed by atoms with van der Waals surface area (Å²) in [6, 6.07) is 14.1. The predicted octanol–water partition coefficient (Wildman–Crippen LogP) is 5.62. The minimum Gasteiger partial charge on any atom is -0.456 e. The van der Waals surface area contributed by atoms with E-state index < -0.39 is 24.1 Å². The summed E-state index contributed by atoms with van der Waals surface area (Å²) in [6.45, 7) is 2.20. The number of benzene rings is 2. The van der Waals surface area contributed by atoms with Crippen LogP contribution in [0.15, 0.2) is 54.6 Å². The molecule has 9 nitrogen and oxygen atoms in total. The number of piperidine rings is 1. The minimum absolute atomic E-state index is 0.0796. The summed E-state index contributed by atoms with van der Waals surface area (Å²) < 4.78 is 5.70. The Hall–Kier alpha value is -3.89. The quantitative estimate of drug-likeness (QED) is 0.276. The number of urea groups is 2. The molecule has 1 atom stereocenters. The Kier molecular flexibility index (Phi) is 8.10. The van der Waals surface area contributed by atoms with Crippen LogP contribution >= 0.6 is 22.9 Å². The van der Waals surface area contributed by atoms with Crippen molar-refractivity contribution in [3.63, 3.8) is 0 Å². The highest BCUT2D eigenvalue weighted by Crippen LogP contribution is 2.36. The largest absolute Gasteiger partial charge is 0.456 e. The normalized spacial score (nSPS) is 15.1. The van der Waals surface area contributed by atoms with E-state index in [0.717, 1.165) is 10.4 Å². The Morgan fingerprint density at radius 3 is 2.41 bits per heavy atom. The van der Waals surface area contributed by atoms with Crippen molar-refractivity contribution in [3.8, 4) is 10.4 Å². The van der Waals surface area contributed by atoms with E-state index in [1.165, 1.54) is 23.2 Å². The van der Waals surface area contributed by atoms with Gasteiger partial charge in [-0.1, -0.05) is 23.7 Å². The average Bonchev–Trinajstić information content (AvgIpc) is 3.28. The van der Waals surface area contributed by atoms with Gasteiger partial charge in [0.25, 0.3) is 0 Å². The van der Waals surface area contributed by atoms with Gasteiger partial charge in [0, 0.05) is 27.7 Å².